The summed E-state index contributed by atoms with van der Waals surface area (Å²) in [4.78, 5) is 38.6. The smallest absolute Gasteiger partial charge is 0.273 e. The van der Waals surface area contributed by atoms with Crippen molar-refractivity contribution in [3.63, 3.8) is 0 Å². The molecule has 1 unspecified atom stereocenters. The third kappa shape index (κ3) is 7.13. The molecule has 0 aliphatic carbocycles. The topological polar surface area (TPSA) is 136 Å². The van der Waals surface area contributed by atoms with E-state index in [9.17, 15) is 24.1 Å². The van der Waals surface area contributed by atoms with Gasteiger partial charge >= 0.3 is 0 Å². The van der Waals surface area contributed by atoms with E-state index in [0.717, 1.165) is 21.7 Å². The lowest BCUT2D eigenvalue weighted by atomic mass is 10.0. The highest BCUT2D eigenvalue weighted by atomic mass is 32.2. The van der Waals surface area contributed by atoms with Gasteiger partial charge in [0.25, 0.3) is 17.5 Å². The van der Waals surface area contributed by atoms with Gasteiger partial charge in [0.05, 0.1) is 40.4 Å². The second kappa shape index (κ2) is 14.1. The van der Waals surface area contributed by atoms with Crippen LogP contribution in [0, 0.1) is 22.9 Å². The molecule has 0 radical (unpaired) electrons. The van der Waals surface area contributed by atoms with E-state index in [0.29, 0.717) is 23.9 Å². The molecule has 6 rings (SSSR count). The summed E-state index contributed by atoms with van der Waals surface area (Å²) in [5.41, 5.74) is 2.85. The Kier molecular flexibility index (Phi) is 9.50. The zero-order chi connectivity index (χ0) is 32.9. The van der Waals surface area contributed by atoms with Crippen molar-refractivity contribution in [3.8, 4) is 0 Å². The summed E-state index contributed by atoms with van der Waals surface area (Å²) in [6.45, 7) is 1.92. The van der Waals surface area contributed by atoms with Crippen LogP contribution in [0.2, 0.25) is 0 Å². The number of carbonyl (C=O) groups excluding carboxylic acids is 2. The van der Waals surface area contributed by atoms with Crippen LogP contribution >= 0.6 is 23.1 Å². The number of carbonyl (C=O) groups is 2. The molecule has 238 valence electrons. The van der Waals surface area contributed by atoms with Crippen LogP contribution in [-0.2, 0) is 17.9 Å². The first-order valence-corrected chi connectivity index (χ1v) is 16.4. The van der Waals surface area contributed by atoms with E-state index in [1.54, 1.807) is 23.5 Å². The first-order valence-electron chi connectivity index (χ1n) is 14.6. The molecule has 1 aliphatic heterocycles. The molecule has 11 nitrogen and oxygen atoms in total. The average Bonchev–Trinajstić information content (AvgIpc) is 3.84. The first-order chi connectivity index (χ1) is 22.8. The van der Waals surface area contributed by atoms with Crippen molar-refractivity contribution in [2.24, 2.45) is 5.10 Å². The molecule has 0 bridgehead atoms. The van der Waals surface area contributed by atoms with Gasteiger partial charge in [0.15, 0.2) is 11.0 Å². The first kappa shape index (κ1) is 31.8. The second-order valence-corrected chi connectivity index (χ2v) is 12.6. The van der Waals surface area contributed by atoms with Crippen molar-refractivity contribution in [1.29, 1.82) is 0 Å². The Labute approximate surface area is 277 Å². The Morgan fingerprint density at radius 3 is 2.55 bits per heavy atom. The number of halogens is 1. The number of hydrogen-bond acceptors (Lipinski definition) is 9. The number of thioether (sulfide) groups is 1. The molecule has 0 saturated carbocycles. The van der Waals surface area contributed by atoms with Crippen LogP contribution in [0.3, 0.4) is 0 Å². The fraction of sp³-hybridized carbons (Fsp3) is 0.182. The van der Waals surface area contributed by atoms with E-state index in [-0.39, 0.29) is 46.9 Å². The predicted octanol–water partition coefficient (Wildman–Crippen LogP) is 6.14. The van der Waals surface area contributed by atoms with E-state index in [2.05, 4.69) is 15.5 Å². The zero-order valence-electron chi connectivity index (χ0n) is 25.1. The zero-order valence-corrected chi connectivity index (χ0v) is 26.7. The highest BCUT2D eigenvalue weighted by Crippen LogP contribution is 2.35. The van der Waals surface area contributed by atoms with Gasteiger partial charge in [-0.1, -0.05) is 66.4 Å². The van der Waals surface area contributed by atoms with Crippen molar-refractivity contribution < 1.29 is 18.9 Å². The minimum absolute atomic E-state index is 0.00252. The van der Waals surface area contributed by atoms with Gasteiger partial charge in [-0.2, -0.15) is 5.10 Å². The van der Waals surface area contributed by atoms with E-state index in [4.69, 9.17) is 5.10 Å². The van der Waals surface area contributed by atoms with Gasteiger partial charge < -0.3 is 9.88 Å². The van der Waals surface area contributed by atoms with Gasteiger partial charge in [0.2, 0.25) is 0 Å². The predicted molar refractivity (Wildman–Crippen MR) is 177 cm³/mol. The molecule has 2 aromatic heterocycles. The van der Waals surface area contributed by atoms with E-state index >= 15 is 0 Å². The van der Waals surface area contributed by atoms with E-state index in [1.807, 2.05) is 52.4 Å². The summed E-state index contributed by atoms with van der Waals surface area (Å²) in [5, 5.41) is 31.4. The largest absolute Gasteiger partial charge is 0.345 e. The van der Waals surface area contributed by atoms with Crippen molar-refractivity contribution in [2.45, 2.75) is 37.6 Å². The summed E-state index contributed by atoms with van der Waals surface area (Å²) in [7, 11) is 0. The fourth-order valence-electron chi connectivity index (χ4n) is 5.27. The monoisotopic (exact) mass is 669 g/mol. The van der Waals surface area contributed by atoms with Crippen molar-refractivity contribution in [1.82, 2.24) is 25.1 Å². The maximum Gasteiger partial charge on any atom is 0.273 e. The van der Waals surface area contributed by atoms with Crippen molar-refractivity contribution >= 4 is 46.3 Å². The summed E-state index contributed by atoms with van der Waals surface area (Å²) in [6, 6.07) is 23.6. The number of rotatable bonds is 11. The Morgan fingerprint density at radius 1 is 1.04 bits per heavy atom. The van der Waals surface area contributed by atoms with Crippen LogP contribution in [0.1, 0.15) is 50.2 Å². The second-order valence-electron chi connectivity index (χ2n) is 10.7. The number of aromatic nitrogens is 3. The Balaban J connectivity index is 1.21. The van der Waals surface area contributed by atoms with Gasteiger partial charge in [0.1, 0.15) is 5.82 Å². The van der Waals surface area contributed by atoms with E-state index < -0.39 is 10.8 Å². The SMILES string of the molecule is Cc1c(C(=O)NCc2nnc(SCC(=O)N3N=C(c4cccs4)CC3c3ccc(F)cc3)n2Cc2ccccc2)cccc1[N+](=O)[O-]. The third-order valence-electron chi connectivity index (χ3n) is 7.68. The average molecular weight is 670 g/mol. The summed E-state index contributed by atoms with van der Waals surface area (Å²) >= 11 is 2.74. The molecule has 14 heteroatoms. The minimum Gasteiger partial charge on any atom is -0.345 e. The summed E-state index contributed by atoms with van der Waals surface area (Å²) < 4.78 is 15.5. The molecule has 1 atom stereocenters. The molecule has 2 amide bonds. The number of nitrogens with one attached hydrogen (secondary N) is 1. The van der Waals surface area contributed by atoms with Gasteiger partial charge in [-0.25, -0.2) is 9.40 Å². The Hall–Kier alpha value is -5.21. The van der Waals surface area contributed by atoms with Gasteiger partial charge in [0, 0.05) is 23.6 Å². The molecule has 3 heterocycles. The Morgan fingerprint density at radius 2 is 1.83 bits per heavy atom. The molecule has 3 aromatic carbocycles. The molecule has 5 aromatic rings. The van der Waals surface area contributed by atoms with E-state index in [1.165, 1.54) is 54.0 Å². The molecule has 1 N–H and O–H groups in total. The maximum atomic E-state index is 13.7. The number of amides is 2. The van der Waals surface area contributed by atoms with Crippen LogP contribution in [0.25, 0.3) is 0 Å². The van der Waals surface area contributed by atoms with Gasteiger partial charge in [-0.3, -0.25) is 19.7 Å². The van der Waals surface area contributed by atoms with Crippen LogP contribution in [0.15, 0.2) is 101 Å². The Bertz CT molecular complexity index is 1950. The number of thiophene rings is 1. The minimum atomic E-state index is -0.522. The number of nitro groups is 1. The number of benzene rings is 3. The number of hydrazone groups is 1. The highest BCUT2D eigenvalue weighted by Gasteiger charge is 2.33. The highest BCUT2D eigenvalue weighted by molar-refractivity contribution is 7.99. The molecular formula is C33H28FN7O4S2. The number of hydrogen-bond donors (Lipinski definition) is 1. The standard InChI is InChI=1S/C33H28FN7O4S2/c1-21-25(9-5-10-27(21)41(44)45)32(43)35-18-30-36-37-33(39(30)19-22-7-3-2-4-8-22)47-20-31(42)40-28(23-12-14-24(34)15-13-23)17-26(38-40)29-11-6-16-46-29/h2-16,28H,17-20H2,1H3,(H,35,43). The van der Waals surface area contributed by atoms with Gasteiger partial charge in [-0.05, 0) is 47.7 Å². The third-order valence-corrected chi connectivity index (χ3v) is 9.55. The lowest BCUT2D eigenvalue weighted by molar-refractivity contribution is -0.385. The molecule has 47 heavy (non-hydrogen) atoms. The molecule has 0 spiro atoms. The number of nitro benzene ring substituents is 1. The summed E-state index contributed by atoms with van der Waals surface area (Å²) in [5.74, 6) is -0.634. The molecular weight excluding hydrogens is 642 g/mol. The molecule has 0 saturated heterocycles. The lowest BCUT2D eigenvalue weighted by Gasteiger charge is -2.22. The maximum absolute atomic E-state index is 13.7. The van der Waals surface area contributed by atoms with Crippen molar-refractivity contribution in [3.05, 3.63) is 139 Å². The quantitative estimate of drug-likeness (QED) is 0.101. The lowest BCUT2D eigenvalue weighted by Crippen LogP contribution is -2.28. The van der Waals surface area contributed by atoms with Crippen LogP contribution < -0.4 is 5.32 Å². The van der Waals surface area contributed by atoms with Crippen molar-refractivity contribution in [2.75, 3.05) is 5.75 Å². The van der Waals surface area contributed by atoms with Crippen LogP contribution in [0.5, 0.6) is 0 Å². The normalized spacial score (nSPS) is 14.2. The molecule has 1 aliphatic rings. The molecule has 0 fully saturated rings. The summed E-state index contributed by atoms with van der Waals surface area (Å²) in [6.07, 6.45) is 0.501. The van der Waals surface area contributed by atoms with Crippen LogP contribution in [-0.4, -0.2) is 48.0 Å². The van der Waals surface area contributed by atoms with Crippen LogP contribution in [0.4, 0.5) is 10.1 Å². The fourth-order valence-corrected chi connectivity index (χ4v) is 6.80. The number of nitrogens with zero attached hydrogens (tertiary/aromatic N) is 6. The van der Waals surface area contributed by atoms with Gasteiger partial charge in [-0.15, -0.1) is 21.5 Å².